The summed E-state index contributed by atoms with van der Waals surface area (Å²) in [5.41, 5.74) is 0.658. The van der Waals surface area contributed by atoms with Gasteiger partial charge >= 0.3 is 0 Å². The van der Waals surface area contributed by atoms with Gasteiger partial charge in [-0.15, -0.1) is 24.0 Å². The summed E-state index contributed by atoms with van der Waals surface area (Å²) in [4.78, 5) is 8.55. The molecule has 1 aliphatic rings. The summed E-state index contributed by atoms with van der Waals surface area (Å²) in [7, 11) is 0.876. The molecule has 1 aliphatic heterocycles. The van der Waals surface area contributed by atoms with E-state index < -0.39 is 10.8 Å². The fourth-order valence-electron chi connectivity index (χ4n) is 2.76. The van der Waals surface area contributed by atoms with Gasteiger partial charge in [-0.25, -0.2) is 4.39 Å². The van der Waals surface area contributed by atoms with Gasteiger partial charge in [0.1, 0.15) is 5.82 Å². The van der Waals surface area contributed by atoms with E-state index in [-0.39, 0.29) is 34.5 Å². The van der Waals surface area contributed by atoms with E-state index >= 15 is 0 Å². The van der Waals surface area contributed by atoms with Crippen molar-refractivity contribution in [3.63, 3.8) is 0 Å². The van der Waals surface area contributed by atoms with E-state index in [9.17, 15) is 8.60 Å². The molecular formula is C18H30FIN4OS. The number of benzene rings is 1. The van der Waals surface area contributed by atoms with Gasteiger partial charge in [0.05, 0.1) is 5.69 Å². The highest BCUT2D eigenvalue weighted by atomic mass is 127. The van der Waals surface area contributed by atoms with Crippen molar-refractivity contribution in [3.8, 4) is 0 Å². The van der Waals surface area contributed by atoms with Crippen molar-refractivity contribution in [2.45, 2.75) is 25.5 Å². The predicted molar refractivity (Wildman–Crippen MR) is 120 cm³/mol. The molecule has 8 heteroatoms. The Morgan fingerprint density at radius 1 is 1.23 bits per heavy atom. The molecule has 5 nitrogen and oxygen atoms in total. The number of nitrogens with zero attached hydrogens (tertiary/aromatic N) is 3. The van der Waals surface area contributed by atoms with Crippen LogP contribution in [0.2, 0.25) is 0 Å². The summed E-state index contributed by atoms with van der Waals surface area (Å²) in [6, 6.07) is 6.89. The second kappa shape index (κ2) is 10.4. The minimum atomic E-state index is -0.880. The smallest absolute Gasteiger partial charge is 0.193 e. The van der Waals surface area contributed by atoms with Crippen LogP contribution < -0.4 is 10.2 Å². The second-order valence-electron chi connectivity index (χ2n) is 7.06. The molecule has 1 aromatic rings. The van der Waals surface area contributed by atoms with Crippen LogP contribution in [-0.2, 0) is 10.8 Å². The van der Waals surface area contributed by atoms with E-state index in [1.807, 2.05) is 32.9 Å². The largest absolute Gasteiger partial charge is 0.366 e. The Bertz CT molecular complexity index is 628. The number of nitrogens with one attached hydrogen (secondary N) is 1. The molecule has 1 saturated heterocycles. The van der Waals surface area contributed by atoms with Crippen molar-refractivity contribution in [2.24, 2.45) is 4.99 Å². The summed E-state index contributed by atoms with van der Waals surface area (Å²) in [5.74, 6) is 1.24. The first-order valence-corrected chi connectivity index (χ1v) is 9.98. The highest BCUT2D eigenvalue weighted by molar-refractivity contribution is 14.0. The minimum absolute atomic E-state index is 0. The standard InChI is InChI=1S/C18H29FN4OS.HI/c1-18(2,3)25(24)14-9-21-17(20-4)23-12-10-22(11-13-23)16-8-6-5-7-15(16)19;/h5-8H,9-14H2,1-4H3,(H,20,21);1H. The molecule has 1 aromatic carbocycles. The molecule has 0 aliphatic carbocycles. The molecule has 1 unspecified atom stereocenters. The third-order valence-electron chi connectivity index (χ3n) is 4.24. The van der Waals surface area contributed by atoms with Crippen molar-refractivity contribution in [2.75, 3.05) is 50.4 Å². The maximum absolute atomic E-state index is 13.9. The zero-order valence-electron chi connectivity index (χ0n) is 16.0. The van der Waals surface area contributed by atoms with Crippen molar-refractivity contribution < 1.29 is 8.60 Å². The number of para-hydroxylation sites is 1. The summed E-state index contributed by atoms with van der Waals surface area (Å²) in [5, 5.41) is 3.30. The molecule has 0 spiro atoms. The van der Waals surface area contributed by atoms with Crippen molar-refractivity contribution in [3.05, 3.63) is 30.1 Å². The Balaban J connectivity index is 0.00000338. The van der Waals surface area contributed by atoms with Crippen LogP contribution in [0.5, 0.6) is 0 Å². The zero-order chi connectivity index (χ0) is 18.4. The topological polar surface area (TPSA) is 47.9 Å². The van der Waals surface area contributed by atoms with Gasteiger partial charge in [-0.05, 0) is 32.9 Å². The normalized spacial score (nSPS) is 16.9. The lowest BCUT2D eigenvalue weighted by Gasteiger charge is -2.37. The number of hydrogen-bond acceptors (Lipinski definition) is 3. The Morgan fingerprint density at radius 2 is 1.85 bits per heavy atom. The predicted octanol–water partition coefficient (Wildman–Crippen LogP) is 2.69. The van der Waals surface area contributed by atoms with Crippen LogP contribution >= 0.6 is 24.0 Å². The monoisotopic (exact) mass is 496 g/mol. The molecule has 26 heavy (non-hydrogen) atoms. The molecule has 1 atom stereocenters. The van der Waals surface area contributed by atoms with Gasteiger partial charge in [-0.2, -0.15) is 0 Å². The van der Waals surface area contributed by atoms with Crippen molar-refractivity contribution in [1.29, 1.82) is 0 Å². The molecule has 1 N–H and O–H groups in total. The maximum atomic E-state index is 13.9. The number of aliphatic imine (C=N–C) groups is 1. The highest BCUT2D eigenvalue weighted by Gasteiger charge is 2.22. The zero-order valence-corrected chi connectivity index (χ0v) is 19.1. The fraction of sp³-hybridized carbons (Fsp3) is 0.611. The third kappa shape index (κ3) is 6.37. The maximum Gasteiger partial charge on any atom is 0.193 e. The Hall–Kier alpha value is -0.900. The summed E-state index contributed by atoms with van der Waals surface area (Å²) in [6.45, 7) is 9.63. The molecule has 0 amide bonds. The van der Waals surface area contributed by atoms with Crippen LogP contribution in [0.15, 0.2) is 29.3 Å². The van der Waals surface area contributed by atoms with Crippen LogP contribution in [0.25, 0.3) is 0 Å². The average Bonchev–Trinajstić information content (AvgIpc) is 2.58. The Kier molecular flexibility index (Phi) is 9.29. The van der Waals surface area contributed by atoms with E-state index in [0.29, 0.717) is 18.0 Å². The molecule has 148 valence electrons. The summed E-state index contributed by atoms with van der Waals surface area (Å²) < 4.78 is 25.8. The molecule has 1 fully saturated rings. The first-order chi connectivity index (χ1) is 11.8. The lowest BCUT2D eigenvalue weighted by molar-refractivity contribution is 0.372. The van der Waals surface area contributed by atoms with E-state index in [1.165, 1.54) is 6.07 Å². The van der Waals surface area contributed by atoms with E-state index in [1.54, 1.807) is 13.1 Å². The molecule has 2 rings (SSSR count). The van der Waals surface area contributed by atoms with E-state index in [0.717, 1.165) is 32.1 Å². The van der Waals surface area contributed by atoms with Crippen molar-refractivity contribution in [1.82, 2.24) is 10.2 Å². The lowest BCUT2D eigenvalue weighted by atomic mass is 10.2. The Morgan fingerprint density at radius 3 is 2.38 bits per heavy atom. The van der Waals surface area contributed by atoms with Gasteiger partial charge in [0.15, 0.2) is 5.96 Å². The third-order valence-corrected chi connectivity index (χ3v) is 6.18. The second-order valence-corrected chi connectivity index (χ2v) is 9.39. The molecule has 0 radical (unpaired) electrons. The van der Waals surface area contributed by atoms with Gasteiger partial charge in [0.25, 0.3) is 0 Å². The van der Waals surface area contributed by atoms with Crippen LogP contribution in [0.4, 0.5) is 10.1 Å². The molecule has 0 aromatic heterocycles. The molecule has 1 heterocycles. The number of rotatable bonds is 4. The van der Waals surface area contributed by atoms with Gasteiger partial charge in [-0.3, -0.25) is 9.20 Å². The van der Waals surface area contributed by atoms with Crippen LogP contribution in [0.1, 0.15) is 20.8 Å². The summed E-state index contributed by atoms with van der Waals surface area (Å²) in [6.07, 6.45) is 0. The highest BCUT2D eigenvalue weighted by Crippen LogP contribution is 2.20. The lowest BCUT2D eigenvalue weighted by Crippen LogP contribution is -2.53. The quantitative estimate of drug-likeness (QED) is 0.396. The van der Waals surface area contributed by atoms with E-state index in [4.69, 9.17) is 0 Å². The van der Waals surface area contributed by atoms with Gasteiger partial charge in [0.2, 0.25) is 0 Å². The minimum Gasteiger partial charge on any atom is -0.366 e. The van der Waals surface area contributed by atoms with E-state index in [2.05, 4.69) is 20.1 Å². The van der Waals surface area contributed by atoms with Crippen LogP contribution in [0.3, 0.4) is 0 Å². The van der Waals surface area contributed by atoms with Crippen molar-refractivity contribution >= 4 is 46.4 Å². The number of hydrogen-bond donors (Lipinski definition) is 1. The summed E-state index contributed by atoms with van der Waals surface area (Å²) >= 11 is 0. The number of halogens is 2. The van der Waals surface area contributed by atoms with Crippen LogP contribution in [0, 0.1) is 5.82 Å². The van der Waals surface area contributed by atoms with Gasteiger partial charge in [-0.1, -0.05) is 12.1 Å². The first-order valence-electron chi connectivity index (χ1n) is 8.66. The SMILES string of the molecule is CN=C(NCCS(=O)C(C)(C)C)N1CCN(c2ccccc2F)CC1.I. The van der Waals surface area contributed by atoms with Gasteiger partial charge in [0, 0.05) is 61.1 Å². The number of guanidine groups is 1. The molecule has 0 bridgehead atoms. The molecular weight excluding hydrogens is 466 g/mol. The first kappa shape index (κ1) is 23.1. The van der Waals surface area contributed by atoms with Gasteiger partial charge < -0.3 is 15.1 Å². The molecule has 0 saturated carbocycles. The number of piperazine rings is 1. The average molecular weight is 496 g/mol. The fourth-order valence-corrected chi connectivity index (χ4v) is 3.66. The number of anilines is 1. The Labute approximate surface area is 175 Å². The van der Waals surface area contributed by atoms with Crippen LogP contribution in [-0.4, -0.2) is 65.3 Å².